The highest BCUT2D eigenvalue weighted by atomic mass is 32.2. The molecule has 8 heteroatoms. The van der Waals surface area contributed by atoms with Gasteiger partial charge in [-0.25, -0.2) is 22.9 Å². The molecule has 0 spiro atoms. The molecule has 2 aromatic rings. The fourth-order valence-corrected chi connectivity index (χ4v) is 2.79. The van der Waals surface area contributed by atoms with Gasteiger partial charge in [0.05, 0.1) is 25.0 Å². The lowest BCUT2D eigenvalue weighted by Crippen LogP contribution is -2.25. The number of nitrogens with one attached hydrogen (secondary N) is 2. The fourth-order valence-electron chi connectivity index (χ4n) is 1.70. The Morgan fingerprint density at radius 1 is 1.33 bits per heavy atom. The van der Waals surface area contributed by atoms with Gasteiger partial charge in [-0.2, -0.15) is 0 Å². The Balaban J connectivity index is 1.98. The highest BCUT2D eigenvalue weighted by molar-refractivity contribution is 7.88. The SMILES string of the molecule is COC(=O)c1ccc(CS(=O)(=O)NCc2ncc[nH]2)cc1. The number of aromatic nitrogens is 2. The van der Waals surface area contributed by atoms with Crippen molar-refractivity contribution in [1.82, 2.24) is 14.7 Å². The van der Waals surface area contributed by atoms with Crippen LogP contribution >= 0.6 is 0 Å². The van der Waals surface area contributed by atoms with Crippen molar-refractivity contribution in [2.24, 2.45) is 0 Å². The summed E-state index contributed by atoms with van der Waals surface area (Å²) in [5.74, 6) is -0.0882. The topological polar surface area (TPSA) is 101 Å². The third-order valence-corrected chi connectivity index (χ3v) is 4.04. The Labute approximate surface area is 122 Å². The summed E-state index contributed by atoms with van der Waals surface area (Å²) in [6.45, 7) is 0.107. The van der Waals surface area contributed by atoms with Crippen LogP contribution in [0, 0.1) is 0 Å². The maximum atomic E-state index is 11.9. The van der Waals surface area contributed by atoms with Crippen molar-refractivity contribution in [3.05, 3.63) is 53.6 Å². The Morgan fingerprint density at radius 3 is 2.62 bits per heavy atom. The monoisotopic (exact) mass is 309 g/mol. The molecule has 2 rings (SSSR count). The number of carbonyl (C=O) groups is 1. The zero-order valence-corrected chi connectivity index (χ0v) is 12.2. The first-order chi connectivity index (χ1) is 10.00. The van der Waals surface area contributed by atoms with Gasteiger partial charge in [0.25, 0.3) is 0 Å². The smallest absolute Gasteiger partial charge is 0.337 e. The van der Waals surface area contributed by atoms with E-state index >= 15 is 0 Å². The molecule has 1 heterocycles. The molecular weight excluding hydrogens is 294 g/mol. The molecule has 1 aromatic carbocycles. The molecule has 0 amide bonds. The lowest BCUT2D eigenvalue weighted by Gasteiger charge is -2.06. The van der Waals surface area contributed by atoms with Gasteiger partial charge in [-0.15, -0.1) is 0 Å². The van der Waals surface area contributed by atoms with Crippen LogP contribution in [-0.2, 0) is 27.1 Å². The van der Waals surface area contributed by atoms with E-state index in [9.17, 15) is 13.2 Å². The van der Waals surface area contributed by atoms with Crippen molar-refractivity contribution in [3.8, 4) is 0 Å². The molecule has 0 bridgehead atoms. The van der Waals surface area contributed by atoms with E-state index in [-0.39, 0.29) is 12.3 Å². The lowest BCUT2D eigenvalue weighted by atomic mass is 10.1. The van der Waals surface area contributed by atoms with E-state index in [1.165, 1.54) is 19.2 Å². The summed E-state index contributed by atoms with van der Waals surface area (Å²) in [5.41, 5.74) is 0.955. The molecular formula is C13H15N3O4S. The van der Waals surface area contributed by atoms with Crippen molar-refractivity contribution >= 4 is 16.0 Å². The van der Waals surface area contributed by atoms with Gasteiger partial charge in [-0.05, 0) is 17.7 Å². The quantitative estimate of drug-likeness (QED) is 0.769. The van der Waals surface area contributed by atoms with Crippen LogP contribution in [0.3, 0.4) is 0 Å². The van der Waals surface area contributed by atoms with Crippen LogP contribution in [0.5, 0.6) is 0 Å². The number of sulfonamides is 1. The van der Waals surface area contributed by atoms with Crippen LogP contribution in [0.4, 0.5) is 0 Å². The summed E-state index contributed by atoms with van der Waals surface area (Å²) in [6.07, 6.45) is 3.17. The van der Waals surface area contributed by atoms with E-state index in [1.807, 2.05) is 0 Å². The molecule has 0 aliphatic carbocycles. The minimum Gasteiger partial charge on any atom is -0.465 e. The average Bonchev–Trinajstić information content (AvgIpc) is 2.98. The number of nitrogens with zero attached hydrogens (tertiary/aromatic N) is 1. The van der Waals surface area contributed by atoms with Crippen LogP contribution in [0.25, 0.3) is 0 Å². The third-order valence-electron chi connectivity index (χ3n) is 2.75. The van der Waals surface area contributed by atoms with E-state index in [0.717, 1.165) is 0 Å². The highest BCUT2D eigenvalue weighted by Gasteiger charge is 2.13. The van der Waals surface area contributed by atoms with Gasteiger partial charge in [0.15, 0.2) is 0 Å². The average molecular weight is 309 g/mol. The molecule has 7 nitrogen and oxygen atoms in total. The first-order valence-electron chi connectivity index (χ1n) is 6.13. The summed E-state index contributed by atoms with van der Waals surface area (Å²) in [6, 6.07) is 6.23. The molecule has 0 fully saturated rings. The van der Waals surface area contributed by atoms with Crippen molar-refractivity contribution in [3.63, 3.8) is 0 Å². The predicted octanol–water partition coefficient (Wildman–Crippen LogP) is 0.816. The standard InChI is InChI=1S/C13H15N3O4S/c1-20-13(17)11-4-2-10(3-5-11)9-21(18,19)16-8-12-14-6-7-15-12/h2-7,16H,8-9H2,1H3,(H,14,15). The third kappa shape index (κ3) is 4.40. The Morgan fingerprint density at radius 2 is 2.05 bits per heavy atom. The van der Waals surface area contributed by atoms with E-state index < -0.39 is 16.0 Å². The van der Waals surface area contributed by atoms with Crippen LogP contribution in [-0.4, -0.2) is 31.5 Å². The lowest BCUT2D eigenvalue weighted by molar-refractivity contribution is 0.0600. The Bertz CT molecular complexity index is 694. The number of esters is 1. The first-order valence-corrected chi connectivity index (χ1v) is 7.78. The number of aromatic amines is 1. The van der Waals surface area contributed by atoms with E-state index in [1.54, 1.807) is 24.5 Å². The molecule has 0 atom stereocenters. The predicted molar refractivity (Wildman–Crippen MR) is 75.8 cm³/mol. The molecule has 112 valence electrons. The summed E-state index contributed by atoms with van der Waals surface area (Å²) < 4.78 is 30.9. The summed E-state index contributed by atoms with van der Waals surface area (Å²) in [4.78, 5) is 18.0. The summed E-state index contributed by atoms with van der Waals surface area (Å²) in [5, 5.41) is 0. The van der Waals surface area contributed by atoms with Gasteiger partial charge < -0.3 is 9.72 Å². The number of hydrogen-bond donors (Lipinski definition) is 2. The zero-order chi connectivity index (χ0) is 15.3. The molecule has 2 N–H and O–H groups in total. The van der Waals surface area contributed by atoms with Crippen molar-refractivity contribution in [2.75, 3.05) is 7.11 Å². The summed E-state index contributed by atoms with van der Waals surface area (Å²) in [7, 11) is -2.18. The molecule has 0 aliphatic heterocycles. The van der Waals surface area contributed by atoms with Gasteiger partial charge >= 0.3 is 5.97 Å². The second-order valence-electron chi connectivity index (χ2n) is 4.30. The number of hydrogen-bond acceptors (Lipinski definition) is 5. The number of methoxy groups -OCH3 is 1. The maximum Gasteiger partial charge on any atom is 0.337 e. The molecule has 0 aliphatic rings. The second kappa shape index (κ2) is 6.51. The molecule has 0 saturated carbocycles. The zero-order valence-electron chi connectivity index (χ0n) is 11.4. The van der Waals surface area contributed by atoms with E-state index in [4.69, 9.17) is 0 Å². The minimum atomic E-state index is -3.48. The van der Waals surface area contributed by atoms with Crippen molar-refractivity contribution in [1.29, 1.82) is 0 Å². The molecule has 21 heavy (non-hydrogen) atoms. The largest absolute Gasteiger partial charge is 0.465 e. The molecule has 0 radical (unpaired) electrons. The van der Waals surface area contributed by atoms with Gasteiger partial charge in [-0.1, -0.05) is 12.1 Å². The fraction of sp³-hybridized carbons (Fsp3) is 0.231. The van der Waals surface area contributed by atoms with E-state index in [0.29, 0.717) is 17.0 Å². The van der Waals surface area contributed by atoms with Crippen LogP contribution < -0.4 is 4.72 Å². The van der Waals surface area contributed by atoms with Gasteiger partial charge in [0.2, 0.25) is 10.0 Å². The van der Waals surface area contributed by atoms with E-state index in [2.05, 4.69) is 19.4 Å². The number of imidazole rings is 1. The van der Waals surface area contributed by atoms with Crippen LogP contribution in [0.1, 0.15) is 21.7 Å². The van der Waals surface area contributed by atoms with Crippen LogP contribution in [0.15, 0.2) is 36.7 Å². The van der Waals surface area contributed by atoms with Crippen LogP contribution in [0.2, 0.25) is 0 Å². The minimum absolute atomic E-state index is 0.107. The number of H-pyrrole nitrogens is 1. The van der Waals surface area contributed by atoms with Gasteiger partial charge in [-0.3, -0.25) is 0 Å². The molecule has 0 unspecified atom stereocenters. The maximum absolute atomic E-state index is 11.9. The van der Waals surface area contributed by atoms with Crippen molar-refractivity contribution in [2.45, 2.75) is 12.3 Å². The van der Waals surface area contributed by atoms with Crippen molar-refractivity contribution < 1.29 is 17.9 Å². The first kappa shape index (κ1) is 15.2. The number of carbonyl (C=O) groups excluding carboxylic acids is 1. The van der Waals surface area contributed by atoms with Gasteiger partial charge in [0, 0.05) is 12.4 Å². The Kier molecular flexibility index (Phi) is 4.71. The second-order valence-corrected chi connectivity index (χ2v) is 6.11. The summed E-state index contributed by atoms with van der Waals surface area (Å²) >= 11 is 0. The normalized spacial score (nSPS) is 11.3. The number of rotatable bonds is 6. The molecule has 1 aromatic heterocycles. The van der Waals surface area contributed by atoms with Gasteiger partial charge in [0.1, 0.15) is 5.82 Å². The highest BCUT2D eigenvalue weighted by Crippen LogP contribution is 2.09. The number of ether oxygens (including phenoxy) is 1. The number of benzene rings is 1. The molecule has 0 saturated heterocycles. The Hall–Kier alpha value is -2.19.